The SMILES string of the molecule is CCc1ccc(-c2csc(NC(=O)c3c(C)nc4c(Br)cc(C)cn34)n2)cc1. The molecule has 0 atom stereocenters. The molecule has 3 aromatic heterocycles. The maximum absolute atomic E-state index is 12.9. The van der Waals surface area contributed by atoms with Crippen LogP contribution in [0, 0.1) is 13.8 Å². The van der Waals surface area contributed by atoms with Gasteiger partial charge >= 0.3 is 0 Å². The number of hydrogen-bond acceptors (Lipinski definition) is 4. The Morgan fingerprint density at radius 3 is 2.68 bits per heavy atom. The molecule has 0 unspecified atom stereocenters. The first-order valence-corrected chi connectivity index (χ1v) is 10.6. The Balaban J connectivity index is 1.62. The Morgan fingerprint density at radius 1 is 1.21 bits per heavy atom. The molecule has 0 spiro atoms. The van der Waals surface area contributed by atoms with Gasteiger partial charge in [-0.1, -0.05) is 31.2 Å². The van der Waals surface area contributed by atoms with Gasteiger partial charge in [-0.3, -0.25) is 14.5 Å². The minimum atomic E-state index is -0.218. The van der Waals surface area contributed by atoms with E-state index >= 15 is 0 Å². The fraction of sp³-hybridized carbons (Fsp3) is 0.190. The third-order valence-corrected chi connectivity index (χ3v) is 5.93. The van der Waals surface area contributed by atoms with Crippen LogP contribution in [0.15, 0.2) is 46.4 Å². The third-order valence-electron chi connectivity index (χ3n) is 4.58. The number of amides is 1. The van der Waals surface area contributed by atoms with E-state index in [9.17, 15) is 4.79 Å². The molecule has 142 valence electrons. The number of carbonyl (C=O) groups is 1. The molecule has 0 saturated carbocycles. The summed E-state index contributed by atoms with van der Waals surface area (Å²) in [6.07, 6.45) is 2.92. The predicted molar refractivity (Wildman–Crippen MR) is 117 cm³/mol. The lowest BCUT2D eigenvalue weighted by Crippen LogP contribution is -2.15. The summed E-state index contributed by atoms with van der Waals surface area (Å²) in [6, 6.07) is 10.3. The van der Waals surface area contributed by atoms with Crippen LogP contribution in [0.25, 0.3) is 16.9 Å². The minimum Gasteiger partial charge on any atom is -0.296 e. The molecule has 0 radical (unpaired) electrons. The Hall–Kier alpha value is -2.51. The number of aryl methyl sites for hydroxylation is 3. The number of rotatable bonds is 4. The molecular weight excluding hydrogens is 436 g/mol. The number of nitrogens with one attached hydrogen (secondary N) is 1. The highest BCUT2D eigenvalue weighted by Gasteiger charge is 2.19. The first-order chi connectivity index (χ1) is 13.5. The summed E-state index contributed by atoms with van der Waals surface area (Å²) in [5, 5.41) is 5.45. The van der Waals surface area contributed by atoms with Gasteiger partial charge < -0.3 is 0 Å². The number of fused-ring (bicyclic) bond motifs is 1. The largest absolute Gasteiger partial charge is 0.296 e. The molecule has 4 aromatic rings. The number of nitrogens with zero attached hydrogens (tertiary/aromatic N) is 3. The van der Waals surface area contributed by atoms with Crippen molar-refractivity contribution in [2.45, 2.75) is 27.2 Å². The zero-order valence-corrected chi connectivity index (χ0v) is 18.2. The van der Waals surface area contributed by atoms with Crippen LogP contribution in [0.3, 0.4) is 0 Å². The molecule has 1 amide bonds. The molecule has 28 heavy (non-hydrogen) atoms. The number of hydrogen-bond donors (Lipinski definition) is 1. The second-order valence-electron chi connectivity index (χ2n) is 6.65. The molecule has 4 rings (SSSR count). The number of anilines is 1. The van der Waals surface area contributed by atoms with Crippen LogP contribution in [-0.4, -0.2) is 20.3 Å². The summed E-state index contributed by atoms with van der Waals surface area (Å²) >= 11 is 4.94. The van der Waals surface area contributed by atoms with Gasteiger partial charge in [0.05, 0.1) is 15.9 Å². The number of thiazole rings is 1. The Bertz CT molecular complexity index is 1180. The molecule has 3 heterocycles. The first-order valence-electron chi connectivity index (χ1n) is 8.97. The van der Waals surface area contributed by atoms with Crippen molar-refractivity contribution in [3.8, 4) is 11.3 Å². The van der Waals surface area contributed by atoms with Crippen molar-refractivity contribution in [3.63, 3.8) is 0 Å². The number of benzene rings is 1. The fourth-order valence-electron chi connectivity index (χ4n) is 3.15. The number of halogens is 1. The number of carbonyl (C=O) groups excluding carboxylic acids is 1. The summed E-state index contributed by atoms with van der Waals surface area (Å²) in [4.78, 5) is 22.0. The van der Waals surface area contributed by atoms with Gasteiger partial charge in [0.2, 0.25) is 0 Å². The summed E-state index contributed by atoms with van der Waals surface area (Å²) in [5.41, 5.74) is 6.15. The van der Waals surface area contributed by atoms with Crippen molar-refractivity contribution in [2.24, 2.45) is 0 Å². The monoisotopic (exact) mass is 454 g/mol. The van der Waals surface area contributed by atoms with E-state index in [1.165, 1.54) is 16.9 Å². The van der Waals surface area contributed by atoms with Gasteiger partial charge in [0, 0.05) is 17.1 Å². The van der Waals surface area contributed by atoms with Crippen molar-refractivity contribution in [3.05, 3.63) is 68.9 Å². The molecule has 1 aromatic carbocycles. The highest BCUT2D eigenvalue weighted by atomic mass is 79.9. The van der Waals surface area contributed by atoms with E-state index in [1.54, 1.807) is 0 Å². The topological polar surface area (TPSA) is 59.3 Å². The third kappa shape index (κ3) is 3.47. The normalized spacial score (nSPS) is 11.1. The lowest BCUT2D eigenvalue weighted by Gasteiger charge is -2.05. The van der Waals surface area contributed by atoms with E-state index in [4.69, 9.17) is 0 Å². The standard InChI is InChI=1S/C21H19BrN4OS/c1-4-14-5-7-15(8-6-14)17-11-28-21(24-17)25-20(27)18-13(3)23-19-16(22)9-12(2)10-26(18)19/h5-11H,4H2,1-3H3,(H,24,25,27). The summed E-state index contributed by atoms with van der Waals surface area (Å²) in [7, 11) is 0. The van der Waals surface area contributed by atoms with E-state index in [1.807, 2.05) is 35.9 Å². The van der Waals surface area contributed by atoms with Crippen LogP contribution in [0.1, 0.15) is 34.2 Å². The van der Waals surface area contributed by atoms with Crippen LogP contribution < -0.4 is 5.32 Å². The summed E-state index contributed by atoms with van der Waals surface area (Å²) in [6.45, 7) is 5.96. The van der Waals surface area contributed by atoms with Crippen LogP contribution >= 0.6 is 27.3 Å². The zero-order chi connectivity index (χ0) is 19.8. The van der Waals surface area contributed by atoms with Crippen molar-refractivity contribution >= 4 is 44.0 Å². The van der Waals surface area contributed by atoms with E-state index in [-0.39, 0.29) is 5.91 Å². The van der Waals surface area contributed by atoms with Gasteiger partial charge in [-0.25, -0.2) is 9.97 Å². The van der Waals surface area contributed by atoms with E-state index in [0.29, 0.717) is 16.5 Å². The molecule has 0 saturated heterocycles. The maximum atomic E-state index is 12.9. The maximum Gasteiger partial charge on any atom is 0.276 e. The summed E-state index contributed by atoms with van der Waals surface area (Å²) < 4.78 is 2.68. The zero-order valence-electron chi connectivity index (χ0n) is 15.8. The van der Waals surface area contributed by atoms with Gasteiger partial charge in [-0.05, 0) is 53.4 Å². The predicted octanol–water partition coefficient (Wildman–Crippen LogP) is 5.65. The van der Waals surface area contributed by atoms with Crippen molar-refractivity contribution in [2.75, 3.05) is 5.32 Å². The Morgan fingerprint density at radius 2 is 1.96 bits per heavy atom. The van der Waals surface area contributed by atoms with Crippen molar-refractivity contribution in [1.82, 2.24) is 14.4 Å². The van der Waals surface area contributed by atoms with Gasteiger partial charge in [0.25, 0.3) is 5.91 Å². The lowest BCUT2D eigenvalue weighted by molar-refractivity contribution is 0.102. The highest BCUT2D eigenvalue weighted by Crippen LogP contribution is 2.27. The van der Waals surface area contributed by atoms with Gasteiger partial charge in [-0.15, -0.1) is 11.3 Å². The minimum absolute atomic E-state index is 0.218. The molecule has 5 nitrogen and oxygen atoms in total. The van der Waals surface area contributed by atoms with Gasteiger partial charge in [0.1, 0.15) is 5.69 Å². The average molecular weight is 455 g/mol. The molecule has 0 fully saturated rings. The van der Waals surface area contributed by atoms with E-state index in [0.717, 1.165) is 33.4 Å². The number of aromatic nitrogens is 3. The Labute approximate surface area is 175 Å². The average Bonchev–Trinajstić information content (AvgIpc) is 3.26. The molecule has 0 aliphatic heterocycles. The molecule has 1 N–H and O–H groups in total. The van der Waals surface area contributed by atoms with Crippen molar-refractivity contribution < 1.29 is 4.79 Å². The van der Waals surface area contributed by atoms with Crippen LogP contribution in [-0.2, 0) is 6.42 Å². The highest BCUT2D eigenvalue weighted by molar-refractivity contribution is 9.10. The van der Waals surface area contributed by atoms with Crippen LogP contribution in [0.4, 0.5) is 5.13 Å². The number of pyridine rings is 1. The first kappa shape index (κ1) is 18.8. The summed E-state index contributed by atoms with van der Waals surface area (Å²) in [5.74, 6) is -0.218. The molecular formula is C21H19BrN4OS. The van der Waals surface area contributed by atoms with Crippen LogP contribution in [0.5, 0.6) is 0 Å². The molecule has 0 aliphatic carbocycles. The van der Waals surface area contributed by atoms with Crippen molar-refractivity contribution in [1.29, 1.82) is 0 Å². The quantitative estimate of drug-likeness (QED) is 0.433. The second-order valence-corrected chi connectivity index (χ2v) is 8.36. The van der Waals surface area contributed by atoms with Gasteiger partial charge in [-0.2, -0.15) is 0 Å². The smallest absolute Gasteiger partial charge is 0.276 e. The van der Waals surface area contributed by atoms with Crippen LogP contribution in [0.2, 0.25) is 0 Å². The second kappa shape index (κ2) is 7.48. The number of imidazole rings is 1. The van der Waals surface area contributed by atoms with Gasteiger partial charge in [0.15, 0.2) is 10.8 Å². The Kier molecular flexibility index (Phi) is 5.03. The molecule has 0 aliphatic rings. The van der Waals surface area contributed by atoms with E-state index in [2.05, 4.69) is 62.4 Å². The lowest BCUT2D eigenvalue weighted by atomic mass is 10.1. The fourth-order valence-corrected chi connectivity index (χ4v) is 4.51. The van der Waals surface area contributed by atoms with E-state index < -0.39 is 0 Å². The molecule has 0 bridgehead atoms. The molecule has 7 heteroatoms.